The number of hydrogen-bond donors (Lipinski definition) is 3. The molecule has 1 unspecified atom stereocenters. The van der Waals surface area contributed by atoms with Crippen LogP contribution in [0, 0.1) is 0 Å². The SMILES string of the molecule is O=C(O)CC(CNc1ccc(Cl)cc1)c1nc2ccccc2[nH]1. The number of aromatic amines is 1. The van der Waals surface area contributed by atoms with Crippen LogP contribution in [0.5, 0.6) is 0 Å². The summed E-state index contributed by atoms with van der Waals surface area (Å²) in [6, 6.07) is 15.0. The quantitative estimate of drug-likeness (QED) is 0.641. The molecule has 0 aliphatic rings. The molecule has 1 aromatic heterocycles. The lowest BCUT2D eigenvalue weighted by molar-refractivity contribution is -0.137. The van der Waals surface area contributed by atoms with Crippen LogP contribution < -0.4 is 5.32 Å². The van der Waals surface area contributed by atoms with Gasteiger partial charge < -0.3 is 15.4 Å². The predicted octanol–water partition coefficient (Wildman–Crippen LogP) is 3.89. The number of benzene rings is 2. The molecule has 0 saturated heterocycles. The topological polar surface area (TPSA) is 78.0 Å². The molecular weight excluding hydrogens is 314 g/mol. The summed E-state index contributed by atoms with van der Waals surface area (Å²) in [6.45, 7) is 0.466. The van der Waals surface area contributed by atoms with Gasteiger partial charge in [0, 0.05) is 23.2 Å². The van der Waals surface area contributed by atoms with Crippen LogP contribution in [-0.4, -0.2) is 27.6 Å². The summed E-state index contributed by atoms with van der Waals surface area (Å²) < 4.78 is 0. The smallest absolute Gasteiger partial charge is 0.304 e. The number of imidazole rings is 1. The lowest BCUT2D eigenvalue weighted by Gasteiger charge is -2.14. The van der Waals surface area contributed by atoms with E-state index in [1.54, 1.807) is 12.1 Å². The van der Waals surface area contributed by atoms with Crippen molar-refractivity contribution in [3.63, 3.8) is 0 Å². The monoisotopic (exact) mass is 329 g/mol. The van der Waals surface area contributed by atoms with Gasteiger partial charge in [-0.1, -0.05) is 23.7 Å². The predicted molar refractivity (Wildman–Crippen MR) is 91.0 cm³/mol. The lowest BCUT2D eigenvalue weighted by atomic mass is 10.0. The van der Waals surface area contributed by atoms with Crippen LogP contribution in [0.1, 0.15) is 18.2 Å². The standard InChI is InChI=1S/C17H16ClN3O2/c18-12-5-7-13(8-6-12)19-10-11(9-16(22)23)17-20-14-3-1-2-4-15(14)21-17/h1-8,11,19H,9-10H2,(H,20,21)(H,22,23). The van der Waals surface area contributed by atoms with E-state index in [1.807, 2.05) is 36.4 Å². The van der Waals surface area contributed by atoms with Crippen molar-refractivity contribution in [1.29, 1.82) is 0 Å². The minimum absolute atomic E-state index is 0.000408. The van der Waals surface area contributed by atoms with E-state index in [1.165, 1.54) is 0 Å². The number of para-hydroxylation sites is 2. The number of aromatic nitrogens is 2. The Labute approximate surface area is 138 Å². The molecule has 118 valence electrons. The zero-order chi connectivity index (χ0) is 16.2. The summed E-state index contributed by atoms with van der Waals surface area (Å²) in [5, 5.41) is 13.1. The number of carbonyl (C=O) groups is 1. The number of carboxylic acid groups (broad SMARTS) is 1. The van der Waals surface area contributed by atoms with Crippen LogP contribution in [0.4, 0.5) is 5.69 Å². The second kappa shape index (κ2) is 6.71. The van der Waals surface area contributed by atoms with Crippen molar-refractivity contribution >= 4 is 34.3 Å². The molecular formula is C17H16ClN3O2. The minimum atomic E-state index is -0.853. The molecule has 0 radical (unpaired) electrons. The first-order chi connectivity index (χ1) is 11.1. The largest absolute Gasteiger partial charge is 0.481 e. The van der Waals surface area contributed by atoms with Crippen molar-refractivity contribution in [2.75, 3.05) is 11.9 Å². The third kappa shape index (κ3) is 3.81. The first-order valence-electron chi connectivity index (χ1n) is 7.27. The highest BCUT2D eigenvalue weighted by Gasteiger charge is 2.19. The Morgan fingerprint density at radius 3 is 2.65 bits per heavy atom. The van der Waals surface area contributed by atoms with E-state index in [2.05, 4.69) is 15.3 Å². The van der Waals surface area contributed by atoms with Crippen molar-refractivity contribution in [2.24, 2.45) is 0 Å². The number of nitrogens with one attached hydrogen (secondary N) is 2. The first-order valence-corrected chi connectivity index (χ1v) is 7.65. The zero-order valence-electron chi connectivity index (χ0n) is 12.3. The van der Waals surface area contributed by atoms with E-state index in [4.69, 9.17) is 16.7 Å². The van der Waals surface area contributed by atoms with Gasteiger partial charge in [0.1, 0.15) is 5.82 Å². The second-order valence-corrected chi connectivity index (χ2v) is 5.76. The van der Waals surface area contributed by atoms with Gasteiger partial charge in [-0.3, -0.25) is 4.79 Å². The van der Waals surface area contributed by atoms with Crippen molar-refractivity contribution < 1.29 is 9.90 Å². The Morgan fingerprint density at radius 2 is 1.96 bits per heavy atom. The van der Waals surface area contributed by atoms with Gasteiger partial charge >= 0.3 is 5.97 Å². The van der Waals surface area contributed by atoms with Gasteiger partial charge in [0.2, 0.25) is 0 Å². The van der Waals surface area contributed by atoms with Gasteiger partial charge in [-0.05, 0) is 36.4 Å². The van der Waals surface area contributed by atoms with E-state index >= 15 is 0 Å². The van der Waals surface area contributed by atoms with Crippen LogP contribution >= 0.6 is 11.6 Å². The third-order valence-electron chi connectivity index (χ3n) is 3.61. The molecule has 0 aliphatic heterocycles. The molecule has 3 N–H and O–H groups in total. The molecule has 0 saturated carbocycles. The van der Waals surface area contributed by atoms with Crippen molar-refractivity contribution in [3.8, 4) is 0 Å². The number of hydrogen-bond acceptors (Lipinski definition) is 3. The third-order valence-corrected chi connectivity index (χ3v) is 3.86. The minimum Gasteiger partial charge on any atom is -0.481 e. The first kappa shape index (κ1) is 15.4. The van der Waals surface area contributed by atoms with Crippen LogP contribution in [0.3, 0.4) is 0 Å². The van der Waals surface area contributed by atoms with E-state index in [9.17, 15) is 4.79 Å². The molecule has 2 aromatic carbocycles. The number of nitrogens with zero attached hydrogens (tertiary/aromatic N) is 1. The number of fused-ring (bicyclic) bond motifs is 1. The number of carboxylic acids is 1. The van der Waals surface area contributed by atoms with Crippen LogP contribution in [0.2, 0.25) is 5.02 Å². The highest BCUT2D eigenvalue weighted by Crippen LogP contribution is 2.22. The maximum Gasteiger partial charge on any atom is 0.304 e. The van der Waals surface area contributed by atoms with Gasteiger partial charge in [-0.15, -0.1) is 0 Å². The van der Waals surface area contributed by atoms with Gasteiger partial charge in [0.25, 0.3) is 0 Å². The average Bonchev–Trinajstić information content (AvgIpc) is 2.96. The van der Waals surface area contributed by atoms with Crippen LogP contribution in [0.15, 0.2) is 48.5 Å². The molecule has 1 atom stereocenters. The molecule has 3 rings (SSSR count). The summed E-state index contributed by atoms with van der Waals surface area (Å²) in [4.78, 5) is 18.9. The van der Waals surface area contributed by atoms with Crippen molar-refractivity contribution in [2.45, 2.75) is 12.3 Å². The molecule has 3 aromatic rings. The molecule has 23 heavy (non-hydrogen) atoms. The Bertz CT molecular complexity index is 781. The summed E-state index contributed by atoms with van der Waals surface area (Å²) in [5.74, 6) is -0.431. The zero-order valence-corrected chi connectivity index (χ0v) is 13.0. The molecule has 0 bridgehead atoms. The summed E-state index contributed by atoms with van der Waals surface area (Å²) >= 11 is 5.86. The maximum atomic E-state index is 11.2. The number of H-pyrrole nitrogens is 1. The molecule has 0 amide bonds. The summed E-state index contributed by atoms with van der Waals surface area (Å²) in [6.07, 6.45) is 0.000408. The van der Waals surface area contributed by atoms with Gasteiger partial charge in [-0.25, -0.2) is 4.98 Å². The van der Waals surface area contributed by atoms with Crippen LogP contribution in [0.25, 0.3) is 11.0 Å². The van der Waals surface area contributed by atoms with Gasteiger partial charge in [0.15, 0.2) is 0 Å². The Kier molecular flexibility index (Phi) is 4.48. The highest BCUT2D eigenvalue weighted by atomic mass is 35.5. The van der Waals surface area contributed by atoms with Crippen molar-refractivity contribution in [3.05, 3.63) is 59.4 Å². The molecule has 1 heterocycles. The average molecular weight is 330 g/mol. The number of anilines is 1. The van der Waals surface area contributed by atoms with Gasteiger partial charge in [0.05, 0.1) is 17.5 Å². The van der Waals surface area contributed by atoms with E-state index in [0.29, 0.717) is 17.4 Å². The summed E-state index contributed by atoms with van der Waals surface area (Å²) in [5.41, 5.74) is 2.63. The van der Waals surface area contributed by atoms with E-state index in [0.717, 1.165) is 16.7 Å². The Balaban J connectivity index is 1.79. The van der Waals surface area contributed by atoms with Crippen molar-refractivity contribution in [1.82, 2.24) is 9.97 Å². The number of rotatable bonds is 6. The number of halogens is 1. The fraction of sp³-hybridized carbons (Fsp3) is 0.176. The lowest BCUT2D eigenvalue weighted by Crippen LogP contribution is -2.17. The summed E-state index contributed by atoms with van der Waals surface area (Å²) in [7, 11) is 0. The Hall–Kier alpha value is -2.53. The normalized spacial score (nSPS) is 12.2. The molecule has 6 heteroatoms. The molecule has 0 fully saturated rings. The fourth-order valence-electron chi connectivity index (χ4n) is 2.45. The van der Waals surface area contributed by atoms with E-state index in [-0.39, 0.29) is 12.3 Å². The second-order valence-electron chi connectivity index (χ2n) is 5.32. The molecule has 0 spiro atoms. The highest BCUT2D eigenvalue weighted by molar-refractivity contribution is 6.30. The Morgan fingerprint density at radius 1 is 1.22 bits per heavy atom. The van der Waals surface area contributed by atoms with Crippen LogP contribution in [-0.2, 0) is 4.79 Å². The fourth-order valence-corrected chi connectivity index (χ4v) is 2.58. The molecule has 0 aliphatic carbocycles. The number of aliphatic carboxylic acids is 1. The maximum absolute atomic E-state index is 11.2. The molecule has 5 nitrogen and oxygen atoms in total. The van der Waals surface area contributed by atoms with E-state index < -0.39 is 5.97 Å². The van der Waals surface area contributed by atoms with Gasteiger partial charge in [-0.2, -0.15) is 0 Å².